The molecular weight excluding hydrogens is 204 g/mol. The summed E-state index contributed by atoms with van der Waals surface area (Å²) in [6, 6.07) is 6.70. The van der Waals surface area contributed by atoms with Crippen LogP contribution in [0, 0.1) is 0 Å². The lowest BCUT2D eigenvalue weighted by atomic mass is 9.97. The van der Waals surface area contributed by atoms with Crippen molar-refractivity contribution in [2.24, 2.45) is 0 Å². The molecule has 0 heterocycles. The van der Waals surface area contributed by atoms with Crippen molar-refractivity contribution < 1.29 is 14.6 Å². The SMILES string of the molecule is C=CCOC(=O)c1ccc(C(C)(C)O)cc1. The fraction of sp³-hybridized carbons (Fsp3) is 0.308. The Morgan fingerprint density at radius 2 is 2.00 bits per heavy atom. The lowest BCUT2D eigenvalue weighted by Gasteiger charge is -2.17. The second kappa shape index (κ2) is 4.94. The van der Waals surface area contributed by atoms with Gasteiger partial charge in [0.25, 0.3) is 0 Å². The molecule has 0 saturated carbocycles. The number of ether oxygens (including phenoxy) is 1. The normalized spacial score (nSPS) is 10.9. The third kappa shape index (κ3) is 3.21. The van der Waals surface area contributed by atoms with Crippen molar-refractivity contribution >= 4 is 5.97 Å². The molecule has 3 heteroatoms. The van der Waals surface area contributed by atoms with E-state index in [0.717, 1.165) is 5.56 Å². The zero-order valence-corrected chi connectivity index (χ0v) is 9.56. The van der Waals surface area contributed by atoms with E-state index in [4.69, 9.17) is 4.74 Å². The third-order valence-corrected chi connectivity index (χ3v) is 2.16. The van der Waals surface area contributed by atoms with E-state index in [1.807, 2.05) is 0 Å². The van der Waals surface area contributed by atoms with Crippen LogP contribution in [0.15, 0.2) is 36.9 Å². The maximum atomic E-state index is 11.4. The number of carbonyl (C=O) groups is 1. The van der Waals surface area contributed by atoms with Gasteiger partial charge in [0, 0.05) is 0 Å². The summed E-state index contributed by atoms with van der Waals surface area (Å²) >= 11 is 0. The molecule has 0 aromatic heterocycles. The van der Waals surface area contributed by atoms with Gasteiger partial charge in [-0.25, -0.2) is 4.79 Å². The highest BCUT2D eigenvalue weighted by atomic mass is 16.5. The highest BCUT2D eigenvalue weighted by Crippen LogP contribution is 2.19. The summed E-state index contributed by atoms with van der Waals surface area (Å²) in [7, 11) is 0. The molecule has 0 aliphatic rings. The largest absolute Gasteiger partial charge is 0.458 e. The van der Waals surface area contributed by atoms with Gasteiger partial charge in [-0.3, -0.25) is 0 Å². The van der Waals surface area contributed by atoms with E-state index in [0.29, 0.717) is 5.56 Å². The van der Waals surface area contributed by atoms with Crippen LogP contribution in [0.2, 0.25) is 0 Å². The summed E-state index contributed by atoms with van der Waals surface area (Å²) in [6.07, 6.45) is 1.52. The van der Waals surface area contributed by atoms with Crippen LogP contribution in [0.25, 0.3) is 0 Å². The number of benzene rings is 1. The van der Waals surface area contributed by atoms with E-state index in [1.54, 1.807) is 38.1 Å². The molecule has 0 bridgehead atoms. The van der Waals surface area contributed by atoms with E-state index in [1.165, 1.54) is 6.08 Å². The Bertz CT molecular complexity index is 371. The molecule has 0 fully saturated rings. The summed E-state index contributed by atoms with van der Waals surface area (Å²) in [4.78, 5) is 11.4. The molecule has 1 rings (SSSR count). The van der Waals surface area contributed by atoms with E-state index in [9.17, 15) is 9.90 Å². The minimum Gasteiger partial charge on any atom is -0.458 e. The van der Waals surface area contributed by atoms with Crippen LogP contribution >= 0.6 is 0 Å². The fourth-order valence-electron chi connectivity index (χ4n) is 1.23. The fourth-order valence-corrected chi connectivity index (χ4v) is 1.23. The van der Waals surface area contributed by atoms with Crippen molar-refractivity contribution in [1.82, 2.24) is 0 Å². The Balaban J connectivity index is 2.79. The molecular formula is C13H16O3. The van der Waals surface area contributed by atoms with Crippen LogP contribution in [0.4, 0.5) is 0 Å². The predicted molar refractivity (Wildman–Crippen MR) is 62.2 cm³/mol. The standard InChI is InChI=1S/C13H16O3/c1-4-9-16-12(14)10-5-7-11(8-6-10)13(2,3)15/h4-8,15H,1,9H2,2-3H3. The predicted octanol–water partition coefficient (Wildman–Crippen LogP) is 2.26. The smallest absolute Gasteiger partial charge is 0.338 e. The Kier molecular flexibility index (Phi) is 3.85. The molecule has 1 N–H and O–H groups in total. The van der Waals surface area contributed by atoms with Gasteiger partial charge in [-0.1, -0.05) is 24.8 Å². The van der Waals surface area contributed by atoms with Crippen molar-refractivity contribution in [2.45, 2.75) is 19.4 Å². The number of hydrogen-bond acceptors (Lipinski definition) is 3. The summed E-state index contributed by atoms with van der Waals surface area (Å²) < 4.78 is 4.88. The molecule has 3 nitrogen and oxygen atoms in total. The van der Waals surface area contributed by atoms with Crippen molar-refractivity contribution in [3.8, 4) is 0 Å². The van der Waals surface area contributed by atoms with Crippen molar-refractivity contribution in [3.63, 3.8) is 0 Å². The Labute approximate surface area is 95.4 Å². The third-order valence-electron chi connectivity index (χ3n) is 2.16. The van der Waals surface area contributed by atoms with Gasteiger partial charge in [0.1, 0.15) is 6.61 Å². The summed E-state index contributed by atoms with van der Waals surface area (Å²) in [5, 5.41) is 9.73. The maximum Gasteiger partial charge on any atom is 0.338 e. The molecule has 0 amide bonds. The van der Waals surface area contributed by atoms with Gasteiger partial charge in [-0.15, -0.1) is 0 Å². The van der Waals surface area contributed by atoms with Crippen LogP contribution < -0.4 is 0 Å². The van der Waals surface area contributed by atoms with E-state index in [-0.39, 0.29) is 12.6 Å². The molecule has 1 aromatic carbocycles. The van der Waals surface area contributed by atoms with Gasteiger partial charge < -0.3 is 9.84 Å². The monoisotopic (exact) mass is 220 g/mol. The second-order valence-corrected chi connectivity index (χ2v) is 4.02. The first kappa shape index (κ1) is 12.5. The molecule has 0 aliphatic heterocycles. The van der Waals surface area contributed by atoms with Crippen molar-refractivity contribution in [2.75, 3.05) is 6.61 Å². The highest BCUT2D eigenvalue weighted by Gasteiger charge is 2.16. The number of hydrogen-bond donors (Lipinski definition) is 1. The van der Waals surface area contributed by atoms with E-state index < -0.39 is 5.60 Å². The first-order chi connectivity index (χ1) is 7.45. The zero-order chi connectivity index (χ0) is 12.2. The Morgan fingerprint density at radius 1 is 1.44 bits per heavy atom. The van der Waals surface area contributed by atoms with E-state index >= 15 is 0 Å². The average molecular weight is 220 g/mol. The van der Waals surface area contributed by atoms with Crippen molar-refractivity contribution in [1.29, 1.82) is 0 Å². The molecule has 1 aromatic rings. The first-order valence-electron chi connectivity index (χ1n) is 5.06. The number of carbonyl (C=O) groups excluding carboxylic acids is 1. The lowest BCUT2D eigenvalue weighted by molar-refractivity contribution is 0.0548. The highest BCUT2D eigenvalue weighted by molar-refractivity contribution is 5.89. The van der Waals surface area contributed by atoms with Gasteiger partial charge in [0.15, 0.2) is 0 Å². The molecule has 0 aliphatic carbocycles. The van der Waals surface area contributed by atoms with Crippen LogP contribution in [0.5, 0.6) is 0 Å². The molecule has 0 saturated heterocycles. The Morgan fingerprint density at radius 3 is 2.44 bits per heavy atom. The quantitative estimate of drug-likeness (QED) is 0.625. The van der Waals surface area contributed by atoms with Crippen LogP contribution in [-0.4, -0.2) is 17.7 Å². The van der Waals surface area contributed by atoms with Crippen LogP contribution in [0.1, 0.15) is 29.8 Å². The number of esters is 1. The lowest BCUT2D eigenvalue weighted by Crippen LogP contribution is -2.15. The van der Waals surface area contributed by atoms with Crippen LogP contribution in [0.3, 0.4) is 0 Å². The first-order valence-corrected chi connectivity index (χ1v) is 5.06. The molecule has 0 radical (unpaired) electrons. The van der Waals surface area contributed by atoms with Gasteiger partial charge >= 0.3 is 5.97 Å². The van der Waals surface area contributed by atoms with Gasteiger partial charge in [-0.2, -0.15) is 0 Å². The van der Waals surface area contributed by atoms with Crippen LogP contribution in [-0.2, 0) is 10.3 Å². The maximum absolute atomic E-state index is 11.4. The minimum absolute atomic E-state index is 0.200. The molecule has 0 unspecified atom stereocenters. The van der Waals surface area contributed by atoms with Crippen molar-refractivity contribution in [3.05, 3.63) is 48.0 Å². The summed E-state index contributed by atoms with van der Waals surface area (Å²) in [6.45, 7) is 7.05. The van der Waals surface area contributed by atoms with E-state index in [2.05, 4.69) is 6.58 Å². The molecule has 0 spiro atoms. The number of aliphatic hydroxyl groups is 1. The van der Waals surface area contributed by atoms with Gasteiger partial charge in [0.05, 0.1) is 11.2 Å². The zero-order valence-electron chi connectivity index (χ0n) is 9.56. The summed E-state index contributed by atoms with van der Waals surface area (Å²) in [5.74, 6) is -0.387. The average Bonchev–Trinajstić information content (AvgIpc) is 2.25. The topological polar surface area (TPSA) is 46.5 Å². The molecule has 86 valence electrons. The second-order valence-electron chi connectivity index (χ2n) is 4.02. The minimum atomic E-state index is -0.899. The molecule has 16 heavy (non-hydrogen) atoms. The van der Waals surface area contributed by atoms with Gasteiger partial charge in [0.2, 0.25) is 0 Å². The molecule has 0 atom stereocenters. The number of rotatable bonds is 4. The summed E-state index contributed by atoms with van der Waals surface area (Å²) in [5.41, 5.74) is 0.325. The Hall–Kier alpha value is -1.61. The van der Waals surface area contributed by atoms with Gasteiger partial charge in [-0.05, 0) is 31.5 Å².